The predicted octanol–water partition coefficient (Wildman–Crippen LogP) is 5.19. The van der Waals surface area contributed by atoms with Crippen LogP contribution in [0.5, 0.6) is 0 Å². The van der Waals surface area contributed by atoms with Crippen molar-refractivity contribution in [2.24, 2.45) is 0 Å². The normalized spacial score (nSPS) is 15.7. The number of carbonyl (C=O) groups excluding carboxylic acids is 2. The number of amides is 2. The minimum absolute atomic E-state index is 0.00877. The lowest BCUT2D eigenvalue weighted by atomic mass is 10.1. The van der Waals surface area contributed by atoms with E-state index in [-0.39, 0.29) is 10.7 Å². The van der Waals surface area contributed by atoms with Crippen LogP contribution in [0.3, 0.4) is 0 Å². The number of rotatable bonds is 3. The second kappa shape index (κ2) is 7.94. The molecule has 1 fully saturated rings. The number of hydrogen-bond acceptors (Lipinski definition) is 4. The minimum Gasteiger partial charge on any atom is -0.457 e. The van der Waals surface area contributed by atoms with Crippen LogP contribution in [0.15, 0.2) is 75.1 Å². The highest BCUT2D eigenvalue weighted by Crippen LogP contribution is 2.27. The van der Waals surface area contributed by atoms with Crippen LogP contribution in [0, 0.1) is 0 Å². The van der Waals surface area contributed by atoms with Gasteiger partial charge in [0.25, 0.3) is 11.8 Å². The molecule has 0 unspecified atom stereocenters. The lowest BCUT2D eigenvalue weighted by molar-refractivity contribution is -0.122. The average Bonchev–Trinajstić information content (AvgIpc) is 3.16. The van der Waals surface area contributed by atoms with Gasteiger partial charge in [-0.2, -0.15) is 0 Å². The van der Waals surface area contributed by atoms with Crippen LogP contribution in [-0.4, -0.2) is 16.9 Å². The number of nitrogens with one attached hydrogen (secondary N) is 1. The summed E-state index contributed by atoms with van der Waals surface area (Å²) in [5, 5.41) is 3.07. The van der Waals surface area contributed by atoms with E-state index in [2.05, 4.69) is 21.2 Å². The predicted molar refractivity (Wildman–Crippen MR) is 119 cm³/mol. The molecular weight excluding hydrogens is 476 g/mol. The third kappa shape index (κ3) is 4.03. The fraction of sp³-hybridized carbons (Fsp3) is 0. The summed E-state index contributed by atoms with van der Waals surface area (Å²) in [6.45, 7) is 0. The van der Waals surface area contributed by atoms with E-state index in [4.69, 9.17) is 28.2 Å². The summed E-state index contributed by atoms with van der Waals surface area (Å²) >= 11 is 14.5. The molecule has 1 aliphatic rings. The highest BCUT2D eigenvalue weighted by atomic mass is 79.9. The first-order valence-electron chi connectivity index (χ1n) is 8.45. The first kappa shape index (κ1) is 19.6. The molecule has 4 rings (SSSR count). The van der Waals surface area contributed by atoms with Gasteiger partial charge in [0.1, 0.15) is 17.1 Å². The highest BCUT2D eigenvalue weighted by molar-refractivity contribution is 9.10. The molecule has 144 valence electrons. The fourth-order valence-electron chi connectivity index (χ4n) is 2.82. The van der Waals surface area contributed by atoms with Crippen LogP contribution in [0.1, 0.15) is 5.76 Å². The Labute approximate surface area is 185 Å². The molecule has 2 amide bonds. The summed E-state index contributed by atoms with van der Waals surface area (Å²) in [5.74, 6) is -0.113. The Bertz CT molecular complexity index is 1150. The number of hydrogen-bond donors (Lipinski definition) is 1. The van der Waals surface area contributed by atoms with Crippen molar-refractivity contribution in [3.63, 3.8) is 0 Å². The Morgan fingerprint density at radius 2 is 1.69 bits per heavy atom. The molecule has 0 atom stereocenters. The van der Waals surface area contributed by atoms with Gasteiger partial charge in [-0.15, -0.1) is 0 Å². The largest absolute Gasteiger partial charge is 0.457 e. The molecule has 1 N–H and O–H groups in total. The van der Waals surface area contributed by atoms with E-state index >= 15 is 0 Å². The molecule has 0 spiro atoms. The maximum atomic E-state index is 13.0. The van der Waals surface area contributed by atoms with E-state index in [1.807, 2.05) is 24.3 Å². The van der Waals surface area contributed by atoms with Crippen LogP contribution >= 0.6 is 39.7 Å². The summed E-state index contributed by atoms with van der Waals surface area (Å²) in [4.78, 5) is 26.6. The maximum Gasteiger partial charge on any atom is 0.270 e. The van der Waals surface area contributed by atoms with Crippen molar-refractivity contribution in [2.45, 2.75) is 0 Å². The molecule has 3 aromatic rings. The van der Waals surface area contributed by atoms with E-state index < -0.39 is 11.8 Å². The quantitative estimate of drug-likeness (QED) is 0.314. The van der Waals surface area contributed by atoms with Crippen molar-refractivity contribution in [1.29, 1.82) is 0 Å². The monoisotopic (exact) mass is 486 g/mol. The molecule has 5 nitrogen and oxygen atoms in total. The third-order valence-corrected chi connectivity index (χ3v) is 5.29. The summed E-state index contributed by atoms with van der Waals surface area (Å²) in [7, 11) is 0. The zero-order valence-electron chi connectivity index (χ0n) is 14.7. The topological polar surface area (TPSA) is 62.6 Å². The molecule has 0 aliphatic carbocycles. The van der Waals surface area contributed by atoms with E-state index in [1.165, 1.54) is 11.0 Å². The van der Waals surface area contributed by atoms with Gasteiger partial charge < -0.3 is 4.42 Å². The standard InChI is InChI=1S/C21H12BrClN2O3S/c22-13-3-1-12(2-4-13)18-10-9-16(28-18)11-17-19(26)24-21(29)25(20(17)27)15-7-5-14(23)6-8-15/h1-11H,(H,24,26,29)/b17-11+. The number of thiocarbonyl (C=S) groups is 1. The van der Waals surface area contributed by atoms with Crippen molar-refractivity contribution < 1.29 is 14.0 Å². The van der Waals surface area contributed by atoms with Gasteiger partial charge in [0.2, 0.25) is 0 Å². The molecule has 8 heteroatoms. The molecule has 2 aromatic carbocycles. The first-order chi connectivity index (χ1) is 13.9. The van der Waals surface area contributed by atoms with Crippen molar-refractivity contribution >= 4 is 68.4 Å². The second-order valence-electron chi connectivity index (χ2n) is 6.14. The smallest absolute Gasteiger partial charge is 0.270 e. The van der Waals surface area contributed by atoms with E-state index in [0.29, 0.717) is 22.2 Å². The van der Waals surface area contributed by atoms with Crippen LogP contribution in [-0.2, 0) is 9.59 Å². The van der Waals surface area contributed by atoms with Gasteiger partial charge in [0.05, 0.1) is 5.69 Å². The Morgan fingerprint density at radius 3 is 2.38 bits per heavy atom. The molecular formula is C21H12BrClN2O3S. The molecule has 0 bridgehead atoms. The van der Waals surface area contributed by atoms with Gasteiger partial charge in [-0.3, -0.25) is 19.8 Å². The summed E-state index contributed by atoms with van der Waals surface area (Å²) in [6, 6.07) is 17.7. The fourth-order valence-corrected chi connectivity index (χ4v) is 3.50. The number of furan rings is 1. The van der Waals surface area contributed by atoms with E-state index in [0.717, 1.165) is 10.0 Å². The van der Waals surface area contributed by atoms with Gasteiger partial charge >= 0.3 is 0 Å². The molecule has 0 saturated carbocycles. The van der Waals surface area contributed by atoms with Crippen LogP contribution < -0.4 is 10.2 Å². The number of carbonyl (C=O) groups is 2. The Kier molecular flexibility index (Phi) is 5.36. The number of halogens is 2. The van der Waals surface area contributed by atoms with Crippen LogP contribution in [0.25, 0.3) is 17.4 Å². The Morgan fingerprint density at radius 1 is 1.00 bits per heavy atom. The van der Waals surface area contributed by atoms with Crippen molar-refractivity contribution in [3.8, 4) is 11.3 Å². The molecule has 1 aromatic heterocycles. The molecule has 1 aliphatic heterocycles. The average molecular weight is 488 g/mol. The number of nitrogens with zero attached hydrogens (tertiary/aromatic N) is 1. The SMILES string of the molecule is O=C1NC(=S)N(c2ccc(Cl)cc2)C(=O)/C1=C/c1ccc(-c2ccc(Br)cc2)o1. The van der Waals surface area contributed by atoms with E-state index in [9.17, 15) is 9.59 Å². The molecule has 2 heterocycles. The lowest BCUT2D eigenvalue weighted by Crippen LogP contribution is -2.54. The zero-order valence-corrected chi connectivity index (χ0v) is 17.8. The molecule has 1 saturated heterocycles. The number of anilines is 1. The minimum atomic E-state index is -0.577. The van der Waals surface area contributed by atoms with Crippen molar-refractivity contribution in [3.05, 3.63) is 81.5 Å². The molecule has 29 heavy (non-hydrogen) atoms. The third-order valence-electron chi connectivity index (χ3n) is 4.23. The van der Waals surface area contributed by atoms with Crippen LogP contribution in [0.2, 0.25) is 5.02 Å². The van der Waals surface area contributed by atoms with Gasteiger partial charge in [0.15, 0.2) is 5.11 Å². The van der Waals surface area contributed by atoms with Crippen molar-refractivity contribution in [1.82, 2.24) is 5.32 Å². The Balaban J connectivity index is 1.66. The molecule has 0 radical (unpaired) electrons. The van der Waals surface area contributed by atoms with Gasteiger partial charge in [-0.1, -0.05) is 39.7 Å². The van der Waals surface area contributed by atoms with Gasteiger partial charge in [0, 0.05) is 15.1 Å². The number of benzene rings is 2. The summed E-state index contributed by atoms with van der Waals surface area (Å²) in [5.41, 5.74) is 1.30. The Hall–Kier alpha value is -2.74. The van der Waals surface area contributed by atoms with Gasteiger partial charge in [-0.05, 0) is 66.8 Å². The van der Waals surface area contributed by atoms with E-state index in [1.54, 1.807) is 36.4 Å². The first-order valence-corrected chi connectivity index (χ1v) is 10.0. The van der Waals surface area contributed by atoms with Crippen LogP contribution in [0.4, 0.5) is 5.69 Å². The summed E-state index contributed by atoms with van der Waals surface area (Å²) < 4.78 is 6.76. The lowest BCUT2D eigenvalue weighted by Gasteiger charge is -2.28. The zero-order chi connectivity index (χ0) is 20.5. The second-order valence-corrected chi connectivity index (χ2v) is 7.88. The van der Waals surface area contributed by atoms with Gasteiger partial charge in [-0.25, -0.2) is 0 Å². The van der Waals surface area contributed by atoms with Crippen molar-refractivity contribution in [2.75, 3.05) is 4.90 Å². The maximum absolute atomic E-state index is 13.0. The highest BCUT2D eigenvalue weighted by Gasteiger charge is 2.34. The summed E-state index contributed by atoms with van der Waals surface area (Å²) in [6.07, 6.45) is 1.41.